The molecule has 0 saturated carbocycles. The Labute approximate surface area is 631 Å². The first-order valence-corrected chi connectivity index (χ1v) is 36.1. The summed E-state index contributed by atoms with van der Waals surface area (Å²) in [5.41, 5.74) is -30.4. The van der Waals surface area contributed by atoms with E-state index in [-0.39, 0.29) is 47.0 Å². The van der Waals surface area contributed by atoms with Gasteiger partial charge >= 0.3 is 0 Å². The van der Waals surface area contributed by atoms with Crippen molar-refractivity contribution in [2.45, 2.75) is 139 Å². The van der Waals surface area contributed by atoms with Crippen LogP contribution >= 0.6 is 47.0 Å². The molecule has 0 spiro atoms. The third kappa shape index (κ3) is 14.0. The fourth-order valence-electron chi connectivity index (χ4n) is 13.1. The summed E-state index contributed by atoms with van der Waals surface area (Å²) in [6, 6.07) is 2.47. The summed E-state index contributed by atoms with van der Waals surface area (Å²) in [7, 11) is 0. The minimum absolute atomic E-state index is 0.371. The molecular weight excluding hydrogens is 1620 g/mol. The summed E-state index contributed by atoms with van der Waals surface area (Å²) in [4.78, 5) is 6.27. The number of hydrogen-bond donors (Lipinski definition) is 18. The lowest BCUT2D eigenvalue weighted by Crippen LogP contribution is -2.57. The maximum atomic E-state index is 17.6. The van der Waals surface area contributed by atoms with Gasteiger partial charge in [-0.1, -0.05) is 47.0 Å². The topological polar surface area (TPSA) is 418 Å². The molecule has 24 nitrogen and oxygen atoms in total. The number of benzene rings is 4. The first-order chi connectivity index (χ1) is 53.0. The van der Waals surface area contributed by atoms with Crippen molar-refractivity contribution in [3.05, 3.63) is 140 Å². The standard InChI is InChI=1S/C68H54F16N4O20S4/c69-33-29(34(70)42(78)61(41(33)77)109-65-57(101)53(97)49(93)21(9-89)105-65)25-13-1-2-14(85-13)26(30-35(71)43(79)62(44(80)36(30)72)110-66-58(102)54(98)50(94)22(10-90)106-66)16-5-6-18(87-16)28(32-39(75)47(83)64(48(84)40(32)76)112-68-60(104)56(100)52(96)24(12-92)108-68)20-8-7-19(88-20)27(17-4-3-15(25)86-17)31-37(73)45(81)63(46(82)38(31)74)111-67-59(103)55(99)51(95)23(11-91)107-67/h1-8,21-24,49-60,65-68,85,88-104H,9-12H2/t21?,22?,23?,24?,49-,50+,51-,52?,53?,54?,55?,56?,57?,58?,59?,60?,65+,66-,67+,68+/m1/s1. The molecule has 9 heterocycles. The van der Waals surface area contributed by atoms with E-state index in [4.69, 9.17) is 18.9 Å². The van der Waals surface area contributed by atoms with Crippen LogP contribution in [-0.2, 0) is 18.9 Å². The second-order valence-corrected chi connectivity index (χ2v) is 30.0. The minimum Gasteiger partial charge on any atom is -0.394 e. The van der Waals surface area contributed by atoms with E-state index in [0.717, 1.165) is 0 Å². The van der Waals surface area contributed by atoms with Crippen LogP contribution in [0.5, 0.6) is 0 Å². The smallest absolute Gasteiger partial charge is 0.176 e. The molecule has 8 bridgehead atoms. The van der Waals surface area contributed by atoms with Gasteiger partial charge in [-0.15, -0.1) is 0 Å². The van der Waals surface area contributed by atoms with Gasteiger partial charge in [-0.05, 0) is 48.6 Å². The number of halogens is 16. The Morgan fingerprint density at radius 2 is 0.420 bits per heavy atom. The number of nitrogens with zero attached hydrogens (tertiary/aromatic N) is 2. The van der Waals surface area contributed by atoms with Gasteiger partial charge < -0.3 is 111 Å². The highest BCUT2D eigenvalue weighted by Gasteiger charge is 2.50. The van der Waals surface area contributed by atoms with E-state index < -0.39 is 348 Å². The van der Waals surface area contributed by atoms with Crippen LogP contribution in [0, 0.1) is 93.1 Å². The number of nitrogens with one attached hydrogen (secondary N) is 2. The third-order valence-electron chi connectivity index (χ3n) is 19.0. The fraction of sp³-hybridized carbons (Fsp3) is 0.353. The quantitative estimate of drug-likeness (QED) is 0.0441. The Kier molecular flexibility index (Phi) is 23.9. The van der Waals surface area contributed by atoms with E-state index in [0.29, 0.717) is 48.6 Å². The molecule has 4 aromatic carbocycles. The normalized spacial score (nSPS) is 28.8. The number of H-pyrrole nitrogens is 2. The van der Waals surface area contributed by atoms with Gasteiger partial charge in [0.2, 0.25) is 0 Å². The first kappa shape index (κ1) is 82.9. The van der Waals surface area contributed by atoms with Crippen molar-refractivity contribution in [2.75, 3.05) is 26.4 Å². The lowest BCUT2D eigenvalue weighted by atomic mass is 10.0. The van der Waals surface area contributed by atoms with E-state index in [2.05, 4.69) is 19.9 Å². The molecule has 20 atom stereocenters. The number of hydrogen-bond acceptors (Lipinski definition) is 26. The molecule has 18 N–H and O–H groups in total. The SMILES string of the molecule is OCC1O[C@@H](Sc2c(F)c(F)c(-c3c4nc(c(-c5c(F)c(F)c(S[C@H]6OC(CO)[C@H](O)C(O)C6O)c(F)c5F)c5ccc([nH]5)c(-c5c(F)c(F)c(S[C@@H]6OC(CO)[C@@H](O)C(O)C6O)c(F)c5F)c5nc(c(-c6c(F)c(F)c(S[C@@H]7OC(CO)[C@@H](O)C(O)C7O)c(F)c6F)c6ccc3[nH]6)C=C5)C=C4)c(F)c2F)C(O)C(O)C1O. The zero-order valence-corrected chi connectivity index (χ0v) is 58.6. The second-order valence-electron chi connectivity index (χ2n) is 25.6. The van der Waals surface area contributed by atoms with Crippen LogP contribution < -0.4 is 0 Å². The number of aromatic nitrogens is 4. The molecule has 3 aromatic heterocycles. The van der Waals surface area contributed by atoms with Crippen LogP contribution in [0.4, 0.5) is 70.2 Å². The van der Waals surface area contributed by atoms with Gasteiger partial charge in [0.1, 0.15) is 119 Å². The highest BCUT2D eigenvalue weighted by molar-refractivity contribution is 8.00. The summed E-state index contributed by atoms with van der Waals surface area (Å²) < 4.78 is 298. The number of fused-ring (bicyclic) bond motifs is 8. The highest BCUT2D eigenvalue weighted by Crippen LogP contribution is 2.51. The van der Waals surface area contributed by atoms with E-state index in [9.17, 15) is 81.7 Å². The maximum Gasteiger partial charge on any atom is 0.176 e. The third-order valence-corrected chi connectivity index (χ3v) is 23.8. The van der Waals surface area contributed by atoms with Crippen LogP contribution in [0.25, 0.3) is 90.9 Å². The van der Waals surface area contributed by atoms with Crippen LogP contribution in [0.1, 0.15) is 22.8 Å². The predicted octanol–water partition coefficient (Wildman–Crippen LogP) is 5.12. The monoisotopic (exact) mass is 1680 g/mol. The number of aliphatic hydroxyl groups is 16. The van der Waals surface area contributed by atoms with Gasteiger partial charge in [-0.25, -0.2) is 80.2 Å². The van der Waals surface area contributed by atoms with E-state index >= 15 is 70.2 Å². The van der Waals surface area contributed by atoms with Gasteiger partial charge in [0, 0.05) is 44.3 Å². The Balaban J connectivity index is 1.13. The van der Waals surface area contributed by atoms with Gasteiger partial charge in [0.25, 0.3) is 0 Å². The molecule has 4 saturated heterocycles. The van der Waals surface area contributed by atoms with Crippen LogP contribution in [0.2, 0.25) is 0 Å². The Hall–Kier alpha value is -7.04. The fourth-order valence-corrected chi connectivity index (χ4v) is 17.6. The largest absolute Gasteiger partial charge is 0.394 e. The van der Waals surface area contributed by atoms with Crippen molar-refractivity contribution in [1.29, 1.82) is 0 Å². The summed E-state index contributed by atoms with van der Waals surface area (Å²) in [6.07, 6.45) is -31.7. The summed E-state index contributed by atoms with van der Waals surface area (Å²) in [5.74, 6) is -39.3. The average Bonchev–Trinajstić information content (AvgIpc) is 1.48. The molecule has 44 heteroatoms. The Bertz CT molecular complexity index is 4440. The average molecular weight is 1680 g/mol. The predicted molar refractivity (Wildman–Crippen MR) is 358 cm³/mol. The Morgan fingerprint density at radius 3 is 0.580 bits per heavy atom. The van der Waals surface area contributed by atoms with Crippen molar-refractivity contribution in [3.63, 3.8) is 0 Å². The molecule has 7 aromatic rings. The molecule has 0 radical (unpaired) electrons. The first-order valence-electron chi connectivity index (χ1n) is 32.5. The van der Waals surface area contributed by atoms with E-state index in [1.54, 1.807) is 0 Å². The molecule has 13 rings (SSSR count). The summed E-state index contributed by atoms with van der Waals surface area (Å²) in [5, 5.41) is 166. The second kappa shape index (κ2) is 32.2. The van der Waals surface area contributed by atoms with Gasteiger partial charge in [-0.3, -0.25) is 0 Å². The van der Waals surface area contributed by atoms with Gasteiger partial charge in [-0.2, -0.15) is 0 Å². The lowest BCUT2D eigenvalue weighted by molar-refractivity contribution is -0.205. The summed E-state index contributed by atoms with van der Waals surface area (Å²) in [6.45, 7) is -4.55. The number of ether oxygens (including phenoxy) is 4. The van der Waals surface area contributed by atoms with E-state index in [1.807, 2.05) is 0 Å². The molecule has 602 valence electrons. The zero-order valence-electron chi connectivity index (χ0n) is 55.4. The Morgan fingerprint density at radius 1 is 0.250 bits per heavy atom. The van der Waals surface area contributed by atoms with E-state index in [1.165, 1.54) is 0 Å². The molecular formula is C68H54F16N4O20S4. The summed E-state index contributed by atoms with van der Waals surface area (Å²) >= 11 is -1.48. The highest BCUT2D eigenvalue weighted by atomic mass is 32.2. The van der Waals surface area contributed by atoms with Crippen molar-refractivity contribution < 1.29 is 171 Å². The molecule has 112 heavy (non-hydrogen) atoms. The molecule has 0 aliphatic carbocycles. The van der Waals surface area contributed by atoms with Crippen LogP contribution in [-0.4, -0.2) is 247 Å². The van der Waals surface area contributed by atoms with Crippen molar-refractivity contribution in [1.82, 2.24) is 19.9 Å². The zero-order chi connectivity index (χ0) is 81.3. The van der Waals surface area contributed by atoms with Crippen molar-refractivity contribution in [3.8, 4) is 44.5 Å². The lowest BCUT2D eigenvalue weighted by Gasteiger charge is -2.39. The number of thioether (sulfide) groups is 4. The molecule has 4 fully saturated rings. The minimum atomic E-state index is -2.49. The van der Waals surface area contributed by atoms with Crippen LogP contribution in [0.15, 0.2) is 43.8 Å². The molecule has 0 amide bonds. The molecule has 6 aliphatic rings. The van der Waals surface area contributed by atoms with Gasteiger partial charge in [0.15, 0.2) is 93.1 Å². The van der Waals surface area contributed by atoms with Crippen molar-refractivity contribution in [2.24, 2.45) is 0 Å². The molecule has 6 aliphatic heterocycles. The number of aromatic amines is 2. The number of rotatable bonds is 16. The van der Waals surface area contributed by atoms with Gasteiger partial charge in [0.05, 0.1) is 91.0 Å². The van der Waals surface area contributed by atoms with Crippen LogP contribution in [0.3, 0.4) is 0 Å². The van der Waals surface area contributed by atoms with Crippen molar-refractivity contribution >= 4 is 93.4 Å². The maximum absolute atomic E-state index is 17.6. The molecule has 13 unspecified atom stereocenters. The number of aliphatic hydroxyl groups excluding tert-OH is 16.